The Morgan fingerprint density at radius 3 is 3.00 bits per heavy atom. The first-order valence-corrected chi connectivity index (χ1v) is 4.99. The summed E-state index contributed by atoms with van der Waals surface area (Å²) < 4.78 is 5.57. The molecule has 1 heterocycles. The van der Waals surface area contributed by atoms with Crippen LogP contribution in [0.5, 0.6) is 0 Å². The van der Waals surface area contributed by atoms with Crippen molar-refractivity contribution in [3.05, 3.63) is 29.7 Å². The lowest BCUT2D eigenvalue weighted by Gasteiger charge is -1.91. The first-order valence-electron chi connectivity index (χ1n) is 4.99. The van der Waals surface area contributed by atoms with Gasteiger partial charge in [-0.2, -0.15) is 0 Å². The lowest BCUT2D eigenvalue weighted by molar-refractivity contribution is -0.116. The Morgan fingerprint density at radius 1 is 1.67 bits per heavy atom. The number of carbonyl (C=O) groups excluding carboxylic acids is 1. The summed E-state index contributed by atoms with van der Waals surface area (Å²) in [6.45, 7) is 2.20. The van der Waals surface area contributed by atoms with Crippen LogP contribution in [0.4, 0.5) is 0 Å². The molecule has 0 radical (unpaired) electrons. The number of amides is 1. The third-order valence-corrected chi connectivity index (χ3v) is 2.66. The van der Waals surface area contributed by atoms with Crippen molar-refractivity contribution < 1.29 is 9.21 Å². The van der Waals surface area contributed by atoms with E-state index in [1.165, 1.54) is 12.5 Å². The normalized spacial score (nSPS) is 24.4. The Hall–Kier alpha value is -1.55. The fourth-order valence-electron chi connectivity index (χ4n) is 1.58. The molecule has 1 aliphatic carbocycles. The van der Waals surface area contributed by atoms with Gasteiger partial charge < -0.3 is 4.42 Å². The van der Waals surface area contributed by atoms with Crippen molar-refractivity contribution in [1.82, 2.24) is 5.43 Å². The highest BCUT2D eigenvalue weighted by Crippen LogP contribution is 2.47. The molecule has 1 fully saturated rings. The van der Waals surface area contributed by atoms with Crippen molar-refractivity contribution in [3.8, 4) is 0 Å². The minimum absolute atomic E-state index is 0.340. The van der Waals surface area contributed by atoms with E-state index >= 15 is 0 Å². The number of hydrazine groups is 1. The van der Waals surface area contributed by atoms with Gasteiger partial charge in [0.2, 0.25) is 0 Å². The Balaban J connectivity index is 2.01. The van der Waals surface area contributed by atoms with Crippen LogP contribution in [0.2, 0.25) is 0 Å². The molecule has 3 N–H and O–H groups in total. The highest BCUT2D eigenvalue weighted by atomic mass is 16.3. The first kappa shape index (κ1) is 9.98. The highest BCUT2D eigenvalue weighted by molar-refractivity contribution is 5.90. The monoisotopic (exact) mass is 206 g/mol. The number of carbonyl (C=O) groups is 1. The fraction of sp³-hybridized carbons (Fsp3) is 0.364. The molecule has 0 aromatic carbocycles. The minimum Gasteiger partial charge on any atom is -0.461 e. The summed E-state index contributed by atoms with van der Waals surface area (Å²) >= 11 is 0. The third kappa shape index (κ3) is 2.27. The molecule has 80 valence electrons. The number of hydrogen-bond donors (Lipinski definition) is 2. The second kappa shape index (κ2) is 3.90. The topological polar surface area (TPSA) is 68.3 Å². The van der Waals surface area contributed by atoms with Gasteiger partial charge in [-0.05, 0) is 30.5 Å². The van der Waals surface area contributed by atoms with E-state index in [9.17, 15) is 4.79 Å². The molecule has 2 rings (SSSR count). The molecule has 1 amide bonds. The summed E-state index contributed by atoms with van der Waals surface area (Å²) in [5.74, 6) is 7.58. The Kier molecular flexibility index (Phi) is 2.60. The third-order valence-electron chi connectivity index (χ3n) is 2.66. The van der Waals surface area contributed by atoms with Gasteiger partial charge in [0.15, 0.2) is 0 Å². The van der Waals surface area contributed by atoms with Crippen molar-refractivity contribution in [2.24, 2.45) is 11.8 Å². The average Bonchev–Trinajstić information content (AvgIpc) is 2.80. The van der Waals surface area contributed by atoms with E-state index < -0.39 is 0 Å². The maximum absolute atomic E-state index is 10.8. The molecule has 2 atom stereocenters. The van der Waals surface area contributed by atoms with Gasteiger partial charge >= 0.3 is 0 Å². The fourth-order valence-corrected chi connectivity index (χ4v) is 1.58. The van der Waals surface area contributed by atoms with E-state index in [-0.39, 0.29) is 5.91 Å². The molecule has 2 unspecified atom stereocenters. The number of furan rings is 1. The molecular weight excluding hydrogens is 192 g/mol. The largest absolute Gasteiger partial charge is 0.461 e. The van der Waals surface area contributed by atoms with Crippen LogP contribution in [0.3, 0.4) is 0 Å². The van der Waals surface area contributed by atoms with E-state index in [0.29, 0.717) is 11.7 Å². The second-order valence-corrected chi connectivity index (χ2v) is 3.90. The number of nitrogens with two attached hydrogens (primary N) is 1. The number of rotatable bonds is 3. The summed E-state index contributed by atoms with van der Waals surface area (Å²) in [4.78, 5) is 10.8. The van der Waals surface area contributed by atoms with Gasteiger partial charge in [-0.3, -0.25) is 10.2 Å². The molecule has 0 saturated heterocycles. The average molecular weight is 206 g/mol. The Bertz CT molecular complexity index is 395. The summed E-state index contributed by atoms with van der Waals surface area (Å²) in [5.41, 5.74) is 2.02. The van der Waals surface area contributed by atoms with Crippen molar-refractivity contribution in [2.45, 2.75) is 19.3 Å². The van der Waals surface area contributed by atoms with Crippen LogP contribution in [-0.4, -0.2) is 5.91 Å². The first-order chi connectivity index (χ1) is 7.20. The van der Waals surface area contributed by atoms with Crippen molar-refractivity contribution >= 4 is 12.0 Å². The van der Waals surface area contributed by atoms with E-state index in [1.807, 2.05) is 17.6 Å². The predicted octanol–water partition coefficient (Wildman–Crippen LogP) is 1.41. The van der Waals surface area contributed by atoms with Crippen LogP contribution < -0.4 is 11.3 Å². The van der Waals surface area contributed by atoms with Gasteiger partial charge in [-0.25, -0.2) is 5.84 Å². The second-order valence-electron chi connectivity index (χ2n) is 3.90. The summed E-state index contributed by atoms with van der Waals surface area (Å²) in [6, 6.07) is 3.83. The zero-order chi connectivity index (χ0) is 10.8. The van der Waals surface area contributed by atoms with Crippen molar-refractivity contribution in [3.63, 3.8) is 0 Å². The van der Waals surface area contributed by atoms with Crippen LogP contribution in [0.25, 0.3) is 6.08 Å². The van der Waals surface area contributed by atoms with Gasteiger partial charge in [-0.1, -0.05) is 6.92 Å². The van der Waals surface area contributed by atoms with Gasteiger partial charge in [0.05, 0.1) is 0 Å². The van der Waals surface area contributed by atoms with Crippen LogP contribution >= 0.6 is 0 Å². The molecule has 1 saturated carbocycles. The van der Waals surface area contributed by atoms with Gasteiger partial charge in [0, 0.05) is 12.0 Å². The molecule has 1 aliphatic rings. The maximum Gasteiger partial charge on any atom is 0.258 e. The molecular formula is C11H14N2O2. The molecule has 4 heteroatoms. The standard InChI is InChI=1S/C11H14N2O2/c1-7-6-9(7)10-4-2-8(15-10)3-5-11(14)13-12/h2-5,7,9H,6,12H2,1H3,(H,13,14)/b5-3+. The zero-order valence-corrected chi connectivity index (χ0v) is 8.57. The van der Waals surface area contributed by atoms with Crippen LogP contribution in [0.1, 0.15) is 30.8 Å². The minimum atomic E-state index is -0.340. The lowest BCUT2D eigenvalue weighted by atomic mass is 10.3. The molecule has 0 bridgehead atoms. The zero-order valence-electron chi connectivity index (χ0n) is 8.57. The number of nitrogens with one attached hydrogen (secondary N) is 1. The lowest BCUT2D eigenvalue weighted by Crippen LogP contribution is -2.27. The van der Waals surface area contributed by atoms with Crippen LogP contribution in [-0.2, 0) is 4.79 Å². The van der Waals surface area contributed by atoms with E-state index in [2.05, 4.69) is 6.92 Å². The molecule has 1 aromatic heterocycles. The number of hydrogen-bond acceptors (Lipinski definition) is 3. The van der Waals surface area contributed by atoms with E-state index in [0.717, 1.165) is 11.7 Å². The van der Waals surface area contributed by atoms with Crippen molar-refractivity contribution in [1.29, 1.82) is 0 Å². The van der Waals surface area contributed by atoms with Gasteiger partial charge in [0.1, 0.15) is 11.5 Å². The summed E-state index contributed by atoms with van der Waals surface area (Å²) in [7, 11) is 0. The summed E-state index contributed by atoms with van der Waals surface area (Å²) in [5, 5.41) is 0. The van der Waals surface area contributed by atoms with E-state index in [4.69, 9.17) is 10.3 Å². The van der Waals surface area contributed by atoms with E-state index in [1.54, 1.807) is 6.08 Å². The van der Waals surface area contributed by atoms with Crippen LogP contribution in [0.15, 0.2) is 22.6 Å². The smallest absolute Gasteiger partial charge is 0.258 e. The maximum atomic E-state index is 10.8. The van der Waals surface area contributed by atoms with Crippen molar-refractivity contribution in [2.75, 3.05) is 0 Å². The highest BCUT2D eigenvalue weighted by Gasteiger charge is 2.36. The Labute approximate surface area is 88.1 Å². The van der Waals surface area contributed by atoms with Gasteiger partial charge in [0.25, 0.3) is 5.91 Å². The Morgan fingerprint density at radius 2 is 2.40 bits per heavy atom. The summed E-state index contributed by atoms with van der Waals surface area (Å²) in [6.07, 6.45) is 4.15. The predicted molar refractivity (Wildman–Crippen MR) is 56.6 cm³/mol. The molecule has 1 aromatic rings. The molecule has 4 nitrogen and oxygen atoms in total. The quantitative estimate of drug-likeness (QED) is 0.340. The van der Waals surface area contributed by atoms with Gasteiger partial charge in [-0.15, -0.1) is 0 Å². The van der Waals surface area contributed by atoms with Crippen LogP contribution in [0, 0.1) is 5.92 Å². The molecule has 0 aliphatic heterocycles. The SMILES string of the molecule is CC1CC1c1ccc(/C=C/C(=O)NN)o1. The molecule has 15 heavy (non-hydrogen) atoms. The molecule has 0 spiro atoms.